The first-order valence-electron chi connectivity index (χ1n) is 14.4. The highest BCUT2D eigenvalue weighted by molar-refractivity contribution is 7.89. The number of benzene rings is 3. The number of sulfonamides is 1. The van der Waals surface area contributed by atoms with Crippen LogP contribution in [0.5, 0.6) is 0 Å². The number of aromatic nitrogens is 4. The van der Waals surface area contributed by atoms with Gasteiger partial charge in [-0.05, 0) is 69.3 Å². The summed E-state index contributed by atoms with van der Waals surface area (Å²) in [7, 11) is -2.04. The average Bonchev–Trinajstić information content (AvgIpc) is 3.33. The minimum Gasteiger partial charge on any atom is -0.444 e. The molecule has 5 aromatic rings. The molecule has 1 aliphatic rings. The third kappa shape index (κ3) is 6.03. The summed E-state index contributed by atoms with van der Waals surface area (Å²) >= 11 is 12.7. The fraction of sp³-hybridized carbons (Fsp3) is 0.290. The van der Waals surface area contributed by atoms with Crippen LogP contribution in [-0.4, -0.2) is 75.0 Å². The standard InChI is InChI=1S/C31H31Cl2N7O5S/c1-31(2,3)45-30(42)39-14-16-40(17-15-39)46(43,44)19-10-8-18(9-11-19)27-34-22-12-13-23-26(24(22)28(41)37-27)38(4)29(35-23)36-25-20(32)6-5-7-21(25)33/h5-13H,14-17H2,1-4H3,(H,35,36)(H,34,37,41). The van der Waals surface area contributed by atoms with Gasteiger partial charge in [-0.15, -0.1) is 0 Å². The number of hydrogen-bond acceptors (Lipinski definition) is 8. The summed E-state index contributed by atoms with van der Waals surface area (Å²) in [4.78, 5) is 39.6. The summed E-state index contributed by atoms with van der Waals surface area (Å²) in [6.45, 7) is 6.10. The van der Waals surface area contributed by atoms with E-state index in [4.69, 9.17) is 27.9 Å². The van der Waals surface area contributed by atoms with E-state index in [2.05, 4.69) is 20.3 Å². The molecule has 2 aromatic heterocycles. The Bertz CT molecular complexity index is 2130. The molecule has 1 aliphatic heterocycles. The van der Waals surface area contributed by atoms with Crippen molar-refractivity contribution in [1.82, 2.24) is 28.7 Å². The van der Waals surface area contributed by atoms with Crippen molar-refractivity contribution in [2.24, 2.45) is 7.05 Å². The number of nitrogens with zero attached hydrogens (tertiary/aromatic N) is 5. The van der Waals surface area contributed by atoms with Crippen LogP contribution >= 0.6 is 23.2 Å². The van der Waals surface area contributed by atoms with Crippen molar-refractivity contribution in [2.75, 3.05) is 31.5 Å². The second-order valence-electron chi connectivity index (χ2n) is 11.9. The van der Waals surface area contributed by atoms with Crippen molar-refractivity contribution in [3.8, 4) is 11.4 Å². The van der Waals surface area contributed by atoms with Crippen LogP contribution in [0, 0.1) is 0 Å². The molecule has 0 radical (unpaired) electrons. The number of anilines is 2. The van der Waals surface area contributed by atoms with E-state index in [-0.39, 0.29) is 42.5 Å². The Hall–Kier alpha value is -4.17. The molecule has 1 fully saturated rings. The first kappa shape index (κ1) is 31.8. The van der Waals surface area contributed by atoms with E-state index in [1.807, 2.05) is 0 Å². The fourth-order valence-electron chi connectivity index (χ4n) is 5.28. The first-order chi connectivity index (χ1) is 21.7. The van der Waals surface area contributed by atoms with Crippen molar-refractivity contribution in [2.45, 2.75) is 31.3 Å². The zero-order valence-electron chi connectivity index (χ0n) is 25.5. The molecule has 15 heteroatoms. The number of piperazine rings is 1. The molecule has 0 spiro atoms. The van der Waals surface area contributed by atoms with E-state index in [1.54, 1.807) is 74.9 Å². The van der Waals surface area contributed by atoms with Gasteiger partial charge >= 0.3 is 6.09 Å². The number of imidazole rings is 1. The second kappa shape index (κ2) is 11.9. The van der Waals surface area contributed by atoms with Crippen molar-refractivity contribution in [3.63, 3.8) is 0 Å². The smallest absolute Gasteiger partial charge is 0.410 e. The van der Waals surface area contributed by atoms with E-state index in [9.17, 15) is 18.0 Å². The largest absolute Gasteiger partial charge is 0.444 e. The van der Waals surface area contributed by atoms with Crippen LogP contribution in [-0.2, 0) is 21.8 Å². The van der Waals surface area contributed by atoms with Crippen LogP contribution in [0.3, 0.4) is 0 Å². The van der Waals surface area contributed by atoms with Gasteiger partial charge < -0.3 is 24.5 Å². The number of halogens is 2. The van der Waals surface area contributed by atoms with E-state index in [0.717, 1.165) is 0 Å². The number of nitrogens with one attached hydrogen (secondary N) is 2. The summed E-state index contributed by atoms with van der Waals surface area (Å²) in [5.74, 6) is 0.721. The van der Waals surface area contributed by atoms with Gasteiger partial charge in [-0.25, -0.2) is 23.2 Å². The summed E-state index contributed by atoms with van der Waals surface area (Å²) in [6, 6.07) is 14.8. The normalized spacial score (nSPS) is 14.6. The van der Waals surface area contributed by atoms with Gasteiger partial charge in [-0.3, -0.25) is 4.79 Å². The number of amides is 1. The lowest BCUT2D eigenvalue weighted by molar-refractivity contribution is 0.0192. The van der Waals surface area contributed by atoms with Gasteiger partial charge in [0.1, 0.15) is 11.4 Å². The third-order valence-electron chi connectivity index (χ3n) is 7.56. The van der Waals surface area contributed by atoms with E-state index in [1.165, 1.54) is 21.3 Å². The van der Waals surface area contributed by atoms with Crippen molar-refractivity contribution in [3.05, 3.63) is 75.0 Å². The van der Waals surface area contributed by atoms with Crippen LogP contribution in [0.1, 0.15) is 20.8 Å². The first-order valence-corrected chi connectivity index (χ1v) is 16.6. The van der Waals surface area contributed by atoms with Crippen molar-refractivity contribution < 1.29 is 17.9 Å². The van der Waals surface area contributed by atoms with Crippen LogP contribution < -0.4 is 10.9 Å². The highest BCUT2D eigenvalue weighted by atomic mass is 35.5. The molecule has 0 saturated carbocycles. The monoisotopic (exact) mass is 683 g/mol. The van der Waals surface area contributed by atoms with Crippen LogP contribution in [0.25, 0.3) is 33.3 Å². The number of para-hydroxylation sites is 1. The average molecular weight is 685 g/mol. The lowest BCUT2D eigenvalue weighted by Gasteiger charge is -2.35. The molecule has 0 aliphatic carbocycles. The molecule has 0 bridgehead atoms. The molecule has 46 heavy (non-hydrogen) atoms. The third-order valence-corrected chi connectivity index (χ3v) is 10.1. The molecule has 6 rings (SSSR count). The van der Waals surface area contributed by atoms with Crippen LogP contribution in [0.4, 0.5) is 16.4 Å². The van der Waals surface area contributed by atoms with Gasteiger partial charge in [0, 0.05) is 38.8 Å². The van der Waals surface area contributed by atoms with Crippen LogP contribution in [0.2, 0.25) is 10.0 Å². The predicted octanol–water partition coefficient (Wildman–Crippen LogP) is 5.77. The quantitative estimate of drug-likeness (QED) is 0.238. The zero-order chi connectivity index (χ0) is 33.0. The molecule has 2 N–H and O–H groups in total. The molecule has 1 amide bonds. The van der Waals surface area contributed by atoms with Gasteiger partial charge in [-0.2, -0.15) is 4.31 Å². The lowest BCUT2D eigenvalue weighted by Crippen LogP contribution is -2.51. The Morgan fingerprint density at radius 1 is 0.935 bits per heavy atom. The molecule has 0 atom stereocenters. The van der Waals surface area contributed by atoms with Crippen LogP contribution in [0.15, 0.2) is 64.3 Å². The summed E-state index contributed by atoms with van der Waals surface area (Å²) in [5, 5.41) is 4.35. The van der Waals surface area contributed by atoms with Crippen molar-refractivity contribution in [1.29, 1.82) is 0 Å². The van der Waals surface area contributed by atoms with Crippen molar-refractivity contribution >= 4 is 72.9 Å². The molecule has 1 saturated heterocycles. The topological polar surface area (TPSA) is 143 Å². The number of carbonyl (C=O) groups is 1. The Morgan fingerprint density at radius 3 is 2.20 bits per heavy atom. The number of ether oxygens (including phenoxy) is 1. The minimum absolute atomic E-state index is 0.0975. The molecule has 12 nitrogen and oxygen atoms in total. The van der Waals surface area contributed by atoms with E-state index < -0.39 is 21.7 Å². The Balaban J connectivity index is 1.24. The number of rotatable bonds is 5. The minimum atomic E-state index is -3.81. The fourth-order valence-corrected chi connectivity index (χ4v) is 7.19. The molecule has 240 valence electrons. The number of aromatic amines is 1. The number of H-pyrrole nitrogens is 1. The maximum atomic E-state index is 13.5. The van der Waals surface area contributed by atoms with Gasteiger partial charge in [0.25, 0.3) is 5.56 Å². The Morgan fingerprint density at radius 2 is 1.57 bits per heavy atom. The highest BCUT2D eigenvalue weighted by Crippen LogP contribution is 2.34. The molecule has 0 unspecified atom stereocenters. The molecular weight excluding hydrogens is 653 g/mol. The number of carbonyl (C=O) groups excluding carboxylic acids is 1. The van der Waals surface area contributed by atoms with E-state index >= 15 is 0 Å². The van der Waals surface area contributed by atoms with Gasteiger partial charge in [-0.1, -0.05) is 29.3 Å². The van der Waals surface area contributed by atoms with Gasteiger partial charge in [0.05, 0.1) is 42.6 Å². The second-order valence-corrected chi connectivity index (χ2v) is 14.6. The maximum Gasteiger partial charge on any atom is 0.410 e. The van der Waals surface area contributed by atoms with E-state index in [0.29, 0.717) is 49.2 Å². The molecule has 3 heterocycles. The SMILES string of the molecule is Cn1c(Nc2c(Cl)cccc2Cl)nc2ccc3nc(-c4ccc(S(=O)(=O)N5CCN(C(=O)OC(C)(C)C)CC5)cc4)[nH]c(=O)c3c21. The summed E-state index contributed by atoms with van der Waals surface area (Å²) in [6.07, 6.45) is -0.464. The van der Waals surface area contributed by atoms with Gasteiger partial charge in [0.2, 0.25) is 16.0 Å². The Labute approximate surface area is 275 Å². The van der Waals surface area contributed by atoms with Gasteiger partial charge in [0.15, 0.2) is 0 Å². The molecule has 3 aromatic carbocycles. The Kier molecular flexibility index (Phi) is 8.21. The molecular formula is C31H31Cl2N7O5S. The number of aryl methyl sites for hydroxylation is 1. The summed E-state index contributed by atoms with van der Waals surface area (Å²) in [5.41, 5.74) is 1.60. The predicted molar refractivity (Wildman–Crippen MR) is 178 cm³/mol. The highest BCUT2D eigenvalue weighted by Gasteiger charge is 2.32. The lowest BCUT2D eigenvalue weighted by atomic mass is 10.1. The maximum absolute atomic E-state index is 13.5. The number of hydrogen-bond donors (Lipinski definition) is 2. The zero-order valence-corrected chi connectivity index (χ0v) is 27.8. The summed E-state index contributed by atoms with van der Waals surface area (Å²) < 4.78 is 35.2. The number of fused-ring (bicyclic) bond motifs is 3.